The van der Waals surface area contributed by atoms with Crippen LogP contribution in [0.3, 0.4) is 0 Å². The van der Waals surface area contributed by atoms with Crippen LogP contribution in [-0.4, -0.2) is 42.4 Å². The number of nitrogens with two attached hydrogens (primary N) is 1. The molecular formula is C20H21ClF3N5S. The van der Waals surface area contributed by atoms with Gasteiger partial charge in [-0.25, -0.2) is 13.2 Å². The van der Waals surface area contributed by atoms with E-state index < -0.39 is 11.6 Å². The van der Waals surface area contributed by atoms with Gasteiger partial charge in [-0.15, -0.1) is 0 Å². The van der Waals surface area contributed by atoms with E-state index in [4.69, 9.17) is 17.3 Å². The molecule has 0 unspecified atom stereocenters. The van der Waals surface area contributed by atoms with Crippen molar-refractivity contribution in [1.29, 1.82) is 0 Å². The standard InChI is InChI=1S/C20H21ClF3N5S/c21-15-3-1-4-16(22)14(15)12-28-7-2-8-29(10-9-28)17-6-5-13(18(23)19(17)24)11-26-27-20(25)30/h1,3-6,11H,2,7-10,12H2,(H3,25,27,30). The van der Waals surface area contributed by atoms with E-state index in [9.17, 15) is 13.2 Å². The van der Waals surface area contributed by atoms with Crippen molar-refractivity contribution in [2.45, 2.75) is 13.0 Å². The van der Waals surface area contributed by atoms with Crippen LogP contribution in [0.15, 0.2) is 35.4 Å². The van der Waals surface area contributed by atoms with Gasteiger partial charge < -0.3 is 10.6 Å². The first-order valence-electron chi connectivity index (χ1n) is 9.33. The number of rotatable bonds is 5. The highest BCUT2D eigenvalue weighted by Crippen LogP contribution is 2.26. The maximum Gasteiger partial charge on any atom is 0.184 e. The van der Waals surface area contributed by atoms with Gasteiger partial charge in [0.1, 0.15) is 5.82 Å². The topological polar surface area (TPSA) is 56.9 Å². The summed E-state index contributed by atoms with van der Waals surface area (Å²) in [5, 5.41) is 3.96. The molecule has 5 nitrogen and oxygen atoms in total. The Bertz CT molecular complexity index is 936. The molecular weight excluding hydrogens is 435 g/mol. The lowest BCUT2D eigenvalue weighted by atomic mass is 10.1. The fourth-order valence-electron chi connectivity index (χ4n) is 3.34. The molecule has 0 saturated carbocycles. The number of hydrogen-bond donors (Lipinski definition) is 2. The molecule has 160 valence electrons. The van der Waals surface area contributed by atoms with Crippen LogP contribution >= 0.6 is 23.8 Å². The average molecular weight is 456 g/mol. The molecule has 3 rings (SSSR count). The third-order valence-corrected chi connectivity index (χ3v) is 5.29. The van der Waals surface area contributed by atoms with Gasteiger partial charge in [-0.1, -0.05) is 17.7 Å². The molecule has 30 heavy (non-hydrogen) atoms. The van der Waals surface area contributed by atoms with Crippen LogP contribution in [-0.2, 0) is 6.54 Å². The van der Waals surface area contributed by atoms with E-state index in [1.54, 1.807) is 17.0 Å². The van der Waals surface area contributed by atoms with Crippen LogP contribution in [0.5, 0.6) is 0 Å². The Labute approximate surface area is 183 Å². The van der Waals surface area contributed by atoms with Gasteiger partial charge in [0.25, 0.3) is 0 Å². The summed E-state index contributed by atoms with van der Waals surface area (Å²) in [6, 6.07) is 7.57. The van der Waals surface area contributed by atoms with Gasteiger partial charge in [-0.05, 0) is 42.9 Å². The maximum atomic E-state index is 14.7. The monoisotopic (exact) mass is 455 g/mol. The molecule has 0 radical (unpaired) electrons. The number of benzene rings is 2. The van der Waals surface area contributed by atoms with Gasteiger partial charge in [-0.3, -0.25) is 10.3 Å². The Hall–Kier alpha value is -2.36. The number of anilines is 1. The summed E-state index contributed by atoms with van der Waals surface area (Å²) in [6.45, 7) is 2.64. The van der Waals surface area contributed by atoms with Crippen molar-refractivity contribution >= 4 is 40.8 Å². The second kappa shape index (κ2) is 10.1. The van der Waals surface area contributed by atoms with Gasteiger partial charge in [-0.2, -0.15) is 5.10 Å². The molecule has 1 aliphatic heterocycles. The smallest absolute Gasteiger partial charge is 0.184 e. The second-order valence-corrected chi connectivity index (χ2v) is 7.70. The highest BCUT2D eigenvalue weighted by Gasteiger charge is 2.22. The van der Waals surface area contributed by atoms with Gasteiger partial charge in [0, 0.05) is 48.9 Å². The third kappa shape index (κ3) is 5.41. The predicted octanol–water partition coefficient (Wildman–Crippen LogP) is 3.64. The lowest BCUT2D eigenvalue weighted by Crippen LogP contribution is -2.31. The summed E-state index contributed by atoms with van der Waals surface area (Å²) in [7, 11) is 0. The lowest BCUT2D eigenvalue weighted by molar-refractivity contribution is 0.281. The van der Waals surface area contributed by atoms with Gasteiger partial charge in [0.15, 0.2) is 16.7 Å². The van der Waals surface area contributed by atoms with E-state index in [1.165, 1.54) is 18.2 Å². The molecule has 2 aromatic rings. The Balaban J connectivity index is 1.70. The van der Waals surface area contributed by atoms with Crippen molar-refractivity contribution in [3.05, 3.63) is 63.9 Å². The minimum Gasteiger partial charge on any atom is -0.375 e. The molecule has 10 heteroatoms. The molecule has 1 saturated heterocycles. The number of hydrogen-bond acceptors (Lipinski definition) is 4. The molecule has 0 bridgehead atoms. The van der Waals surface area contributed by atoms with Crippen LogP contribution in [0.4, 0.5) is 18.9 Å². The highest BCUT2D eigenvalue weighted by molar-refractivity contribution is 7.80. The molecule has 0 atom stereocenters. The summed E-state index contributed by atoms with van der Waals surface area (Å²) in [6.07, 6.45) is 1.83. The van der Waals surface area contributed by atoms with Gasteiger partial charge >= 0.3 is 0 Å². The summed E-state index contributed by atoms with van der Waals surface area (Å²) < 4.78 is 43.2. The van der Waals surface area contributed by atoms with Crippen LogP contribution in [0, 0.1) is 17.5 Å². The van der Waals surface area contributed by atoms with E-state index in [2.05, 4.69) is 27.6 Å². The first-order valence-corrected chi connectivity index (χ1v) is 10.1. The van der Waals surface area contributed by atoms with Crippen molar-refractivity contribution in [3.63, 3.8) is 0 Å². The molecule has 3 N–H and O–H groups in total. The summed E-state index contributed by atoms with van der Waals surface area (Å²) >= 11 is 10.7. The molecule has 0 amide bonds. The average Bonchev–Trinajstić information content (AvgIpc) is 2.93. The number of thiocarbonyl (C=S) groups is 1. The van der Waals surface area contributed by atoms with Crippen molar-refractivity contribution < 1.29 is 13.2 Å². The summed E-state index contributed by atoms with van der Waals surface area (Å²) in [5.41, 5.74) is 8.13. The van der Waals surface area contributed by atoms with Crippen molar-refractivity contribution in [1.82, 2.24) is 10.3 Å². The highest BCUT2D eigenvalue weighted by atomic mass is 35.5. The summed E-state index contributed by atoms with van der Waals surface area (Å²) in [5.74, 6) is -2.29. The number of nitrogens with zero attached hydrogens (tertiary/aromatic N) is 3. The lowest BCUT2D eigenvalue weighted by Gasteiger charge is -2.24. The quantitative estimate of drug-likeness (QED) is 0.409. The first-order chi connectivity index (χ1) is 14.4. The normalized spacial score (nSPS) is 15.4. The zero-order chi connectivity index (χ0) is 21.7. The van der Waals surface area contributed by atoms with Crippen molar-refractivity contribution in [2.24, 2.45) is 10.8 Å². The molecule has 0 aliphatic carbocycles. The van der Waals surface area contributed by atoms with E-state index in [0.717, 1.165) is 6.21 Å². The fraction of sp³-hybridized carbons (Fsp3) is 0.300. The minimum atomic E-state index is -1.000. The Morgan fingerprint density at radius 1 is 1.13 bits per heavy atom. The Kier molecular flexibility index (Phi) is 7.52. The second-order valence-electron chi connectivity index (χ2n) is 6.85. The molecule has 1 aliphatic rings. The van der Waals surface area contributed by atoms with Crippen molar-refractivity contribution in [2.75, 3.05) is 31.1 Å². The van der Waals surface area contributed by atoms with Crippen LogP contribution < -0.4 is 16.1 Å². The molecule has 0 spiro atoms. The zero-order valence-corrected chi connectivity index (χ0v) is 17.6. The van der Waals surface area contributed by atoms with Gasteiger partial charge in [0.2, 0.25) is 0 Å². The predicted molar refractivity (Wildman–Crippen MR) is 117 cm³/mol. The first kappa shape index (κ1) is 22.3. The number of halogens is 4. The Morgan fingerprint density at radius 2 is 1.93 bits per heavy atom. The van der Waals surface area contributed by atoms with Crippen LogP contribution in [0.25, 0.3) is 0 Å². The number of nitrogens with one attached hydrogen (secondary N) is 1. The molecule has 2 aromatic carbocycles. The van der Waals surface area contributed by atoms with Crippen LogP contribution in [0.2, 0.25) is 5.02 Å². The Morgan fingerprint density at radius 3 is 2.67 bits per heavy atom. The number of hydrazone groups is 1. The van der Waals surface area contributed by atoms with E-state index >= 15 is 0 Å². The van der Waals surface area contributed by atoms with Gasteiger partial charge in [0.05, 0.1) is 11.9 Å². The van der Waals surface area contributed by atoms with E-state index in [1.807, 2.05) is 0 Å². The van der Waals surface area contributed by atoms with E-state index in [-0.39, 0.29) is 22.2 Å². The molecule has 0 aromatic heterocycles. The zero-order valence-electron chi connectivity index (χ0n) is 16.0. The van der Waals surface area contributed by atoms with Crippen LogP contribution in [0.1, 0.15) is 17.5 Å². The minimum absolute atomic E-state index is 0.0226. The molecule has 1 heterocycles. The fourth-order valence-corrected chi connectivity index (χ4v) is 3.62. The SMILES string of the molecule is NC(=S)NN=Cc1ccc(N2CCCN(Cc3c(F)cccc3Cl)CC2)c(F)c1F. The largest absolute Gasteiger partial charge is 0.375 e. The molecule has 1 fully saturated rings. The third-order valence-electron chi connectivity index (χ3n) is 4.84. The van der Waals surface area contributed by atoms with E-state index in [0.29, 0.717) is 49.7 Å². The van der Waals surface area contributed by atoms with Crippen molar-refractivity contribution in [3.8, 4) is 0 Å². The maximum absolute atomic E-state index is 14.7. The summed E-state index contributed by atoms with van der Waals surface area (Å²) in [4.78, 5) is 3.84.